The van der Waals surface area contributed by atoms with E-state index in [1.165, 1.54) is 4.68 Å². The number of amides is 1. The molecule has 0 spiro atoms. The van der Waals surface area contributed by atoms with Crippen LogP contribution in [0.5, 0.6) is 0 Å². The molecule has 26 heavy (non-hydrogen) atoms. The smallest absolute Gasteiger partial charge is 0.273 e. The number of carbonyl (C=O) groups is 1. The van der Waals surface area contributed by atoms with E-state index in [0.717, 1.165) is 11.3 Å². The summed E-state index contributed by atoms with van der Waals surface area (Å²) in [5.41, 5.74) is 2.43. The predicted octanol–water partition coefficient (Wildman–Crippen LogP) is 0.986. The molecular formula is C17H17N5O3S. The number of hydrogen-bond acceptors (Lipinski definition) is 5. The van der Waals surface area contributed by atoms with Crippen LogP contribution < -0.4 is 10.5 Å². The summed E-state index contributed by atoms with van der Waals surface area (Å²) < 4.78 is 23.7. The molecule has 0 aliphatic carbocycles. The molecule has 0 bridgehead atoms. The van der Waals surface area contributed by atoms with Crippen molar-refractivity contribution >= 4 is 15.9 Å². The molecule has 0 aliphatic heterocycles. The molecule has 3 aromatic rings. The third-order valence-electron chi connectivity index (χ3n) is 3.59. The first-order valence-electron chi connectivity index (χ1n) is 7.75. The Balaban J connectivity index is 1.60. The minimum atomic E-state index is -3.56. The molecule has 1 aromatic heterocycles. The number of benzene rings is 2. The first kappa shape index (κ1) is 17.8. The van der Waals surface area contributed by atoms with E-state index in [9.17, 15) is 13.2 Å². The number of aromatic nitrogens is 3. The van der Waals surface area contributed by atoms with E-state index in [1.54, 1.807) is 30.5 Å². The number of hydrogen-bond donors (Lipinski definition) is 2. The topological polar surface area (TPSA) is 120 Å². The maximum atomic E-state index is 12.2. The van der Waals surface area contributed by atoms with Crippen molar-refractivity contribution in [3.05, 3.63) is 77.6 Å². The molecule has 0 fully saturated rings. The van der Waals surface area contributed by atoms with Gasteiger partial charge in [0.15, 0.2) is 5.69 Å². The molecule has 2 aromatic carbocycles. The number of nitrogens with zero attached hydrogens (tertiary/aromatic N) is 3. The van der Waals surface area contributed by atoms with Gasteiger partial charge in [-0.3, -0.25) is 4.79 Å². The Bertz CT molecular complexity index is 998. The van der Waals surface area contributed by atoms with Gasteiger partial charge in [0, 0.05) is 6.54 Å². The van der Waals surface area contributed by atoms with E-state index in [-0.39, 0.29) is 23.9 Å². The zero-order valence-corrected chi connectivity index (χ0v) is 14.6. The van der Waals surface area contributed by atoms with Crippen LogP contribution in [0.4, 0.5) is 0 Å². The van der Waals surface area contributed by atoms with E-state index in [0.29, 0.717) is 5.56 Å². The largest absolute Gasteiger partial charge is 0.347 e. The zero-order chi connectivity index (χ0) is 18.6. The summed E-state index contributed by atoms with van der Waals surface area (Å²) in [6.07, 6.45) is 1.56. The fourth-order valence-electron chi connectivity index (χ4n) is 2.33. The zero-order valence-electron chi connectivity index (χ0n) is 13.7. The maximum Gasteiger partial charge on any atom is 0.273 e. The van der Waals surface area contributed by atoms with Crippen LogP contribution in [0.2, 0.25) is 0 Å². The molecule has 0 radical (unpaired) electrons. The van der Waals surface area contributed by atoms with Gasteiger partial charge >= 0.3 is 0 Å². The Kier molecular flexibility index (Phi) is 5.10. The molecule has 0 atom stereocenters. The number of rotatable bonds is 6. The lowest BCUT2D eigenvalue weighted by Crippen LogP contribution is -2.23. The maximum absolute atomic E-state index is 12.2. The lowest BCUT2D eigenvalue weighted by atomic mass is 10.1. The predicted molar refractivity (Wildman–Crippen MR) is 95.8 cm³/mol. The minimum absolute atomic E-state index is 0.208. The summed E-state index contributed by atoms with van der Waals surface area (Å²) in [6, 6.07) is 16.2. The third-order valence-corrected chi connectivity index (χ3v) is 4.33. The van der Waals surface area contributed by atoms with Gasteiger partial charge in [0.25, 0.3) is 5.91 Å². The van der Waals surface area contributed by atoms with Crippen LogP contribution in [0, 0.1) is 0 Å². The van der Waals surface area contributed by atoms with Crippen molar-refractivity contribution in [2.45, 2.75) is 12.3 Å². The molecule has 1 amide bonds. The minimum Gasteiger partial charge on any atom is -0.347 e. The molecule has 3 N–H and O–H groups in total. The normalized spacial score (nSPS) is 11.3. The number of para-hydroxylation sites is 1. The average molecular weight is 371 g/mol. The van der Waals surface area contributed by atoms with Gasteiger partial charge in [-0.2, -0.15) is 0 Å². The summed E-state index contributed by atoms with van der Waals surface area (Å²) >= 11 is 0. The Morgan fingerprint density at radius 1 is 1.04 bits per heavy atom. The van der Waals surface area contributed by atoms with Crippen molar-refractivity contribution in [1.82, 2.24) is 20.3 Å². The van der Waals surface area contributed by atoms with Gasteiger partial charge < -0.3 is 5.32 Å². The highest BCUT2D eigenvalue weighted by molar-refractivity contribution is 7.88. The van der Waals surface area contributed by atoms with E-state index in [4.69, 9.17) is 5.14 Å². The molecular weight excluding hydrogens is 354 g/mol. The third kappa shape index (κ3) is 4.74. The van der Waals surface area contributed by atoms with Crippen molar-refractivity contribution in [3.8, 4) is 5.69 Å². The summed E-state index contributed by atoms with van der Waals surface area (Å²) in [6.45, 7) is 0.284. The Hall–Kier alpha value is -3.04. The van der Waals surface area contributed by atoms with E-state index >= 15 is 0 Å². The summed E-state index contributed by atoms with van der Waals surface area (Å²) in [5.74, 6) is -0.566. The van der Waals surface area contributed by atoms with E-state index in [1.807, 2.05) is 30.3 Å². The van der Waals surface area contributed by atoms with Gasteiger partial charge in [-0.05, 0) is 23.3 Å². The number of carbonyl (C=O) groups excluding carboxylic acids is 1. The second-order valence-corrected chi connectivity index (χ2v) is 7.30. The average Bonchev–Trinajstić information content (AvgIpc) is 3.10. The first-order valence-corrected chi connectivity index (χ1v) is 9.46. The lowest BCUT2D eigenvalue weighted by Gasteiger charge is -2.05. The highest BCUT2D eigenvalue weighted by Gasteiger charge is 2.11. The van der Waals surface area contributed by atoms with Crippen molar-refractivity contribution in [2.24, 2.45) is 5.14 Å². The SMILES string of the molecule is NS(=O)(=O)Cc1ccc(CNC(=O)c2cn(-c3ccccc3)nn2)cc1. The van der Waals surface area contributed by atoms with Gasteiger partial charge in [0.05, 0.1) is 17.6 Å². The second kappa shape index (κ2) is 7.46. The number of nitrogens with one attached hydrogen (secondary N) is 1. The molecule has 8 nitrogen and oxygen atoms in total. The molecule has 0 saturated carbocycles. The van der Waals surface area contributed by atoms with Crippen LogP contribution in [0.15, 0.2) is 60.8 Å². The highest BCUT2D eigenvalue weighted by atomic mass is 32.2. The summed E-state index contributed by atoms with van der Waals surface area (Å²) in [4.78, 5) is 12.2. The fraction of sp³-hybridized carbons (Fsp3) is 0.118. The number of primary sulfonamides is 1. The van der Waals surface area contributed by atoms with Gasteiger partial charge in [0.1, 0.15) is 0 Å². The van der Waals surface area contributed by atoms with E-state index in [2.05, 4.69) is 15.6 Å². The molecule has 134 valence electrons. The van der Waals surface area contributed by atoms with Crippen LogP contribution in [0.1, 0.15) is 21.6 Å². The fourth-order valence-corrected chi connectivity index (χ4v) is 2.99. The van der Waals surface area contributed by atoms with Crippen LogP contribution in [-0.2, 0) is 22.3 Å². The summed E-state index contributed by atoms with van der Waals surface area (Å²) in [5, 5.41) is 15.6. The van der Waals surface area contributed by atoms with Crippen molar-refractivity contribution in [2.75, 3.05) is 0 Å². The Labute approximate surface area is 150 Å². The molecule has 0 unspecified atom stereocenters. The number of nitrogens with two attached hydrogens (primary N) is 1. The van der Waals surface area contributed by atoms with Crippen LogP contribution in [0.25, 0.3) is 5.69 Å². The summed E-state index contributed by atoms with van der Waals surface area (Å²) in [7, 11) is -3.56. The van der Waals surface area contributed by atoms with Crippen LogP contribution in [-0.4, -0.2) is 29.3 Å². The second-order valence-electron chi connectivity index (χ2n) is 5.69. The molecule has 1 heterocycles. The van der Waals surface area contributed by atoms with Crippen LogP contribution in [0.3, 0.4) is 0 Å². The van der Waals surface area contributed by atoms with E-state index < -0.39 is 10.0 Å². The first-order chi connectivity index (χ1) is 12.4. The lowest BCUT2D eigenvalue weighted by molar-refractivity contribution is 0.0946. The van der Waals surface area contributed by atoms with Crippen molar-refractivity contribution in [3.63, 3.8) is 0 Å². The quantitative estimate of drug-likeness (QED) is 0.669. The molecule has 0 aliphatic rings. The van der Waals surface area contributed by atoms with Crippen molar-refractivity contribution in [1.29, 1.82) is 0 Å². The van der Waals surface area contributed by atoms with Gasteiger partial charge in [-0.1, -0.05) is 47.7 Å². The monoisotopic (exact) mass is 371 g/mol. The Morgan fingerprint density at radius 2 is 1.69 bits per heavy atom. The standard InChI is InChI=1S/C17H17N5O3S/c18-26(24,25)12-14-8-6-13(7-9-14)10-19-17(23)16-11-22(21-20-16)15-4-2-1-3-5-15/h1-9,11H,10,12H2,(H,19,23)(H2,18,24,25). The Morgan fingerprint density at radius 3 is 2.35 bits per heavy atom. The molecule has 9 heteroatoms. The van der Waals surface area contributed by atoms with Gasteiger partial charge in [0.2, 0.25) is 10.0 Å². The highest BCUT2D eigenvalue weighted by Crippen LogP contribution is 2.08. The molecule has 3 rings (SSSR count). The molecule has 0 saturated heterocycles. The number of sulfonamides is 1. The van der Waals surface area contributed by atoms with Gasteiger partial charge in [-0.15, -0.1) is 5.10 Å². The van der Waals surface area contributed by atoms with Gasteiger partial charge in [-0.25, -0.2) is 18.2 Å². The van der Waals surface area contributed by atoms with Crippen LogP contribution >= 0.6 is 0 Å². The van der Waals surface area contributed by atoms with Crippen molar-refractivity contribution < 1.29 is 13.2 Å².